The third kappa shape index (κ3) is 5.25. The Kier molecular flexibility index (Phi) is 6.69. The Hall–Kier alpha value is -2.53. The van der Waals surface area contributed by atoms with Gasteiger partial charge in [-0.25, -0.2) is 0 Å². The number of hydrogen-bond acceptors (Lipinski definition) is 5. The third-order valence-corrected chi connectivity index (χ3v) is 6.78. The van der Waals surface area contributed by atoms with Crippen LogP contribution < -0.4 is 9.47 Å². The second kappa shape index (κ2) is 9.26. The van der Waals surface area contributed by atoms with E-state index in [0.29, 0.717) is 25.9 Å². The Balaban J connectivity index is 1.75. The van der Waals surface area contributed by atoms with Crippen LogP contribution in [0.15, 0.2) is 30.3 Å². The van der Waals surface area contributed by atoms with Crippen LogP contribution in [0.3, 0.4) is 0 Å². The number of esters is 1. The van der Waals surface area contributed by atoms with Crippen LogP contribution in [0.25, 0.3) is 0 Å². The maximum Gasteiger partial charge on any atom is 0.308 e. The van der Waals surface area contributed by atoms with Gasteiger partial charge in [-0.05, 0) is 50.2 Å². The number of cyclic esters (lactones) is 1. The fourth-order valence-electron chi connectivity index (χ4n) is 5.29. The molecule has 4 rings (SSSR count). The number of aliphatic hydroxyl groups is 1. The molecular formula is C29H38O5. The number of carbonyl (C=O) groups excluding carboxylic acids is 1. The second-order valence-corrected chi connectivity index (χ2v) is 11.4. The van der Waals surface area contributed by atoms with Gasteiger partial charge in [0, 0.05) is 29.5 Å². The number of hydrogen-bond donors (Lipinski definition) is 1. The van der Waals surface area contributed by atoms with Gasteiger partial charge in [0.25, 0.3) is 0 Å². The number of fused-ring (bicyclic) bond motifs is 1. The average molecular weight is 467 g/mol. The normalized spacial score (nSPS) is 21.6. The molecule has 2 atom stereocenters. The lowest BCUT2D eigenvalue weighted by Gasteiger charge is -2.31. The summed E-state index contributed by atoms with van der Waals surface area (Å²) in [5, 5.41) is 10.1. The molecule has 5 nitrogen and oxygen atoms in total. The summed E-state index contributed by atoms with van der Waals surface area (Å²) in [5.41, 5.74) is 5.30. The zero-order chi connectivity index (χ0) is 24.7. The minimum Gasteiger partial charge on any atom is -0.488 e. The monoisotopic (exact) mass is 466 g/mol. The second-order valence-electron chi connectivity index (χ2n) is 11.4. The summed E-state index contributed by atoms with van der Waals surface area (Å²) in [5.74, 6) is 1.58. The van der Waals surface area contributed by atoms with E-state index in [9.17, 15) is 9.90 Å². The van der Waals surface area contributed by atoms with Crippen molar-refractivity contribution in [1.82, 2.24) is 0 Å². The topological polar surface area (TPSA) is 65.0 Å². The molecule has 1 fully saturated rings. The number of aliphatic hydroxyl groups excluding tert-OH is 1. The summed E-state index contributed by atoms with van der Waals surface area (Å²) < 4.78 is 18.6. The molecule has 5 heteroatoms. The lowest BCUT2D eigenvalue weighted by molar-refractivity contribution is -0.160. The first kappa shape index (κ1) is 24.6. The van der Waals surface area contributed by atoms with E-state index < -0.39 is 6.10 Å². The Morgan fingerprint density at radius 2 is 1.88 bits per heavy atom. The van der Waals surface area contributed by atoms with Crippen molar-refractivity contribution in [3.05, 3.63) is 58.1 Å². The van der Waals surface area contributed by atoms with Gasteiger partial charge in [-0.2, -0.15) is 0 Å². The molecule has 0 spiro atoms. The number of benzene rings is 2. The van der Waals surface area contributed by atoms with Crippen molar-refractivity contribution >= 4 is 5.97 Å². The minimum absolute atomic E-state index is 0.0818. The van der Waals surface area contributed by atoms with Crippen LogP contribution in [-0.2, 0) is 34.4 Å². The molecule has 2 unspecified atom stereocenters. The predicted octanol–water partition coefficient (Wildman–Crippen LogP) is 5.58. The number of carbonyl (C=O) groups is 1. The lowest BCUT2D eigenvalue weighted by Crippen LogP contribution is -2.33. The van der Waals surface area contributed by atoms with Crippen molar-refractivity contribution < 1.29 is 24.1 Å². The Labute approximate surface area is 203 Å². The van der Waals surface area contributed by atoms with Crippen molar-refractivity contribution in [1.29, 1.82) is 0 Å². The molecule has 0 amide bonds. The van der Waals surface area contributed by atoms with Crippen LogP contribution in [0, 0.1) is 6.92 Å². The van der Waals surface area contributed by atoms with Gasteiger partial charge in [0.1, 0.15) is 29.8 Å². The molecule has 0 saturated carbocycles. The molecule has 0 aromatic heterocycles. The molecule has 1 N–H and O–H groups in total. The summed E-state index contributed by atoms with van der Waals surface area (Å²) in [7, 11) is 0. The van der Waals surface area contributed by atoms with E-state index in [0.717, 1.165) is 40.2 Å². The standard InChI is InChI=1S/C29H38O5/c1-18-23-16-29(5,6)34-27(23)22(13-12-21-14-20(30)15-24(31)33-21)25(28(2,3)4)26(18)32-17-19-10-8-7-9-11-19/h7-11,20-21,30H,12-17H2,1-6H3. The first-order valence-electron chi connectivity index (χ1n) is 12.4. The van der Waals surface area contributed by atoms with Crippen LogP contribution in [0.5, 0.6) is 11.5 Å². The zero-order valence-electron chi connectivity index (χ0n) is 21.4. The Morgan fingerprint density at radius 3 is 2.53 bits per heavy atom. The molecule has 184 valence electrons. The van der Waals surface area contributed by atoms with Gasteiger partial charge in [-0.3, -0.25) is 4.79 Å². The molecule has 2 aliphatic rings. The van der Waals surface area contributed by atoms with E-state index >= 15 is 0 Å². The fraction of sp³-hybridized carbons (Fsp3) is 0.552. The molecular weight excluding hydrogens is 428 g/mol. The van der Waals surface area contributed by atoms with Crippen LogP contribution >= 0.6 is 0 Å². The SMILES string of the molecule is Cc1c2c(c(CCC3CC(O)CC(=O)O3)c(C(C)(C)C)c1OCc1ccccc1)OC(C)(C)C2. The molecule has 1 saturated heterocycles. The van der Waals surface area contributed by atoms with Crippen molar-refractivity contribution in [2.75, 3.05) is 0 Å². The maximum atomic E-state index is 11.9. The molecule has 2 heterocycles. The third-order valence-electron chi connectivity index (χ3n) is 6.78. The van der Waals surface area contributed by atoms with Crippen molar-refractivity contribution in [3.63, 3.8) is 0 Å². The van der Waals surface area contributed by atoms with E-state index in [1.165, 1.54) is 5.56 Å². The molecule has 0 bridgehead atoms. The minimum atomic E-state index is -0.628. The summed E-state index contributed by atoms with van der Waals surface area (Å²) in [6, 6.07) is 10.2. The highest BCUT2D eigenvalue weighted by molar-refractivity contribution is 5.71. The first-order chi connectivity index (χ1) is 15.9. The fourth-order valence-corrected chi connectivity index (χ4v) is 5.29. The van der Waals surface area contributed by atoms with Crippen LogP contribution in [-0.4, -0.2) is 28.9 Å². The van der Waals surface area contributed by atoms with E-state index in [4.69, 9.17) is 14.2 Å². The van der Waals surface area contributed by atoms with Gasteiger partial charge in [0.15, 0.2) is 0 Å². The van der Waals surface area contributed by atoms with Gasteiger partial charge in [0.2, 0.25) is 0 Å². The molecule has 2 aromatic carbocycles. The average Bonchev–Trinajstić information content (AvgIpc) is 3.07. The van der Waals surface area contributed by atoms with Gasteiger partial charge in [0.05, 0.1) is 12.5 Å². The van der Waals surface area contributed by atoms with Crippen molar-refractivity contribution in [2.45, 2.75) is 103 Å². The van der Waals surface area contributed by atoms with Crippen molar-refractivity contribution in [2.24, 2.45) is 0 Å². The number of rotatable bonds is 6. The molecule has 0 radical (unpaired) electrons. The Morgan fingerprint density at radius 1 is 1.18 bits per heavy atom. The largest absolute Gasteiger partial charge is 0.488 e. The highest BCUT2D eigenvalue weighted by Gasteiger charge is 2.39. The highest BCUT2D eigenvalue weighted by Crippen LogP contribution is 2.50. The van der Waals surface area contributed by atoms with Crippen molar-refractivity contribution in [3.8, 4) is 11.5 Å². The number of ether oxygens (including phenoxy) is 3. The molecule has 34 heavy (non-hydrogen) atoms. The zero-order valence-corrected chi connectivity index (χ0v) is 21.4. The Bertz CT molecular complexity index is 1050. The van der Waals surface area contributed by atoms with E-state index in [1.54, 1.807) is 0 Å². The van der Waals surface area contributed by atoms with Gasteiger partial charge in [-0.1, -0.05) is 51.1 Å². The lowest BCUT2D eigenvalue weighted by atomic mass is 9.78. The van der Waals surface area contributed by atoms with Gasteiger partial charge in [-0.15, -0.1) is 0 Å². The van der Waals surface area contributed by atoms with Crippen LogP contribution in [0.2, 0.25) is 0 Å². The van der Waals surface area contributed by atoms with E-state index in [1.807, 2.05) is 18.2 Å². The predicted molar refractivity (Wildman–Crippen MR) is 133 cm³/mol. The van der Waals surface area contributed by atoms with E-state index in [-0.39, 0.29) is 29.5 Å². The smallest absolute Gasteiger partial charge is 0.308 e. The summed E-state index contributed by atoms with van der Waals surface area (Å²) >= 11 is 0. The molecule has 2 aliphatic heterocycles. The summed E-state index contributed by atoms with van der Waals surface area (Å²) in [4.78, 5) is 11.9. The highest BCUT2D eigenvalue weighted by atomic mass is 16.5. The van der Waals surface area contributed by atoms with Crippen LogP contribution in [0.1, 0.15) is 81.7 Å². The summed E-state index contributed by atoms with van der Waals surface area (Å²) in [6.07, 6.45) is 1.80. The van der Waals surface area contributed by atoms with Gasteiger partial charge < -0.3 is 19.3 Å². The van der Waals surface area contributed by atoms with Crippen LogP contribution in [0.4, 0.5) is 0 Å². The summed E-state index contributed by atoms with van der Waals surface area (Å²) in [6.45, 7) is 13.5. The first-order valence-corrected chi connectivity index (χ1v) is 12.4. The van der Waals surface area contributed by atoms with Gasteiger partial charge >= 0.3 is 5.97 Å². The quantitative estimate of drug-likeness (QED) is 0.563. The van der Waals surface area contributed by atoms with E-state index in [2.05, 4.69) is 53.7 Å². The molecule has 0 aliphatic carbocycles. The maximum absolute atomic E-state index is 11.9. The molecule has 2 aromatic rings.